The van der Waals surface area contributed by atoms with E-state index in [0.29, 0.717) is 5.16 Å². The molecule has 2 aliphatic rings. The first-order chi connectivity index (χ1) is 15.2. The number of aliphatic carboxylic acids is 1. The summed E-state index contributed by atoms with van der Waals surface area (Å²) in [5.74, 6) is -6.93. The Morgan fingerprint density at radius 2 is 2.21 bits per heavy atom. The molecule has 2 aliphatic heterocycles. The normalized spacial score (nSPS) is 22.0. The van der Waals surface area contributed by atoms with E-state index in [0.717, 1.165) is 23.8 Å². The molecular formula is C15H17F2N6NaO7S2. The number of alkyl halides is 2. The molecule has 2 amide bonds. The smallest absolute Gasteiger partial charge is 0.543 e. The number of fused-ring (bicyclic) bond motifs is 1. The zero-order chi connectivity index (χ0) is 23.5. The molecule has 0 radical (unpaired) electrons. The SMILES string of the molecule is CO[C@@]1(NC(=O)CSC(F)F)C(=O)N2C(C(=O)[O-])=C(CSc3nnnn3CCO)COC21.[Na+]. The van der Waals surface area contributed by atoms with Crippen LogP contribution >= 0.6 is 23.5 Å². The maximum Gasteiger partial charge on any atom is 1.00 e. The van der Waals surface area contributed by atoms with Crippen LogP contribution in [0.25, 0.3) is 0 Å². The largest absolute Gasteiger partial charge is 1.00 e. The number of halogens is 2. The van der Waals surface area contributed by atoms with Crippen LogP contribution in [0.4, 0.5) is 8.78 Å². The molecule has 18 heteroatoms. The summed E-state index contributed by atoms with van der Waals surface area (Å²) < 4.78 is 36.6. The molecule has 1 saturated heterocycles. The number of tetrazole rings is 1. The number of aliphatic hydroxyl groups is 1. The molecule has 2 atom stereocenters. The van der Waals surface area contributed by atoms with Crippen molar-refractivity contribution in [3.8, 4) is 0 Å². The number of rotatable bonds is 11. The molecule has 0 saturated carbocycles. The van der Waals surface area contributed by atoms with Gasteiger partial charge in [-0.3, -0.25) is 14.5 Å². The van der Waals surface area contributed by atoms with Crippen molar-refractivity contribution in [3.05, 3.63) is 11.3 Å². The topological polar surface area (TPSA) is 172 Å². The second kappa shape index (κ2) is 11.9. The van der Waals surface area contributed by atoms with Crippen molar-refractivity contribution in [1.82, 2.24) is 30.4 Å². The molecule has 1 unspecified atom stereocenters. The number of nitrogens with zero attached hydrogens (tertiary/aromatic N) is 5. The standard InChI is InChI=1S/C15H18F2N6O7S2.Na/c1-29-15(18-8(25)6-31-13(16)17)11(28)23-9(10(26)27)7(4-30-12(15)23)5-32-14-19-20-21-22(14)2-3-24;/h12-13,24H,2-6H2,1H3,(H,18,25)(H,26,27);/q;+1/p-1/t12?,15-;/m0./s1. The Morgan fingerprint density at radius 1 is 1.48 bits per heavy atom. The van der Waals surface area contributed by atoms with Gasteiger partial charge in [-0.05, 0) is 16.0 Å². The molecule has 0 aromatic carbocycles. The number of aromatic nitrogens is 4. The summed E-state index contributed by atoms with van der Waals surface area (Å²) in [6, 6.07) is 0. The van der Waals surface area contributed by atoms with E-state index in [9.17, 15) is 28.3 Å². The third-order valence-corrected chi connectivity index (χ3v) is 6.20. The van der Waals surface area contributed by atoms with Crippen molar-refractivity contribution in [1.29, 1.82) is 0 Å². The summed E-state index contributed by atoms with van der Waals surface area (Å²) in [6.45, 7) is -0.330. The maximum atomic E-state index is 12.8. The Labute approximate surface area is 215 Å². The van der Waals surface area contributed by atoms with Crippen LogP contribution in [-0.4, -0.2) is 97.5 Å². The fraction of sp³-hybridized carbons (Fsp3) is 0.600. The summed E-state index contributed by atoms with van der Waals surface area (Å²) in [5.41, 5.74) is -2.32. The van der Waals surface area contributed by atoms with Crippen LogP contribution in [0.1, 0.15) is 0 Å². The molecule has 0 bridgehead atoms. The minimum Gasteiger partial charge on any atom is -0.543 e. The second-order valence-corrected chi connectivity index (χ2v) is 8.26. The number of carbonyl (C=O) groups excluding carboxylic acids is 3. The minimum atomic E-state index is -2.79. The van der Waals surface area contributed by atoms with Crippen LogP contribution in [-0.2, 0) is 30.4 Å². The number of thioether (sulfide) groups is 2. The molecule has 13 nitrogen and oxygen atoms in total. The Morgan fingerprint density at radius 3 is 2.82 bits per heavy atom. The molecule has 1 aromatic rings. The molecular weight excluding hydrogens is 501 g/mol. The van der Waals surface area contributed by atoms with Crippen molar-refractivity contribution >= 4 is 41.3 Å². The van der Waals surface area contributed by atoms with E-state index in [2.05, 4.69) is 20.8 Å². The Bertz CT molecular complexity index is 938. The number of carbonyl (C=O) groups is 3. The summed E-state index contributed by atoms with van der Waals surface area (Å²) in [7, 11) is 1.09. The fourth-order valence-corrected chi connectivity index (χ4v) is 4.36. The van der Waals surface area contributed by atoms with Gasteiger partial charge >= 0.3 is 29.6 Å². The predicted molar refractivity (Wildman–Crippen MR) is 101 cm³/mol. The second-order valence-electron chi connectivity index (χ2n) is 6.33. The molecule has 1 aromatic heterocycles. The van der Waals surface area contributed by atoms with E-state index in [1.54, 1.807) is 0 Å². The van der Waals surface area contributed by atoms with Crippen LogP contribution < -0.4 is 40.0 Å². The Hall–Kier alpha value is -1.34. The van der Waals surface area contributed by atoms with E-state index < -0.39 is 46.9 Å². The van der Waals surface area contributed by atoms with E-state index in [1.807, 2.05) is 0 Å². The number of aliphatic hydroxyl groups excluding tert-OH is 1. The first kappa shape index (κ1) is 27.9. The van der Waals surface area contributed by atoms with Gasteiger partial charge in [-0.1, -0.05) is 23.5 Å². The average Bonchev–Trinajstić information content (AvgIpc) is 3.20. The van der Waals surface area contributed by atoms with Crippen molar-refractivity contribution in [2.45, 2.75) is 29.4 Å². The number of nitrogens with one attached hydrogen (secondary N) is 1. The van der Waals surface area contributed by atoms with Crippen molar-refractivity contribution in [3.63, 3.8) is 0 Å². The van der Waals surface area contributed by atoms with Gasteiger partial charge in [0.25, 0.3) is 17.4 Å². The first-order valence-corrected chi connectivity index (χ1v) is 10.9. The zero-order valence-corrected chi connectivity index (χ0v) is 21.0. The first-order valence-electron chi connectivity index (χ1n) is 8.89. The number of amides is 2. The minimum absolute atomic E-state index is 0. The van der Waals surface area contributed by atoms with Crippen LogP contribution in [0.15, 0.2) is 16.4 Å². The van der Waals surface area contributed by atoms with Crippen molar-refractivity contribution < 1.29 is 72.4 Å². The molecule has 3 rings (SSSR count). The monoisotopic (exact) mass is 518 g/mol. The fourth-order valence-electron chi connectivity index (χ4n) is 3.11. The molecule has 0 spiro atoms. The molecule has 176 valence electrons. The number of β-lactam (4-membered cyclic amide) rings is 1. The average molecular weight is 518 g/mol. The van der Waals surface area contributed by atoms with E-state index >= 15 is 0 Å². The number of carboxylic acids is 1. The number of methoxy groups -OCH3 is 1. The number of ether oxygens (including phenoxy) is 2. The van der Waals surface area contributed by atoms with Gasteiger partial charge in [0.1, 0.15) is 0 Å². The van der Waals surface area contributed by atoms with E-state index in [1.165, 1.54) is 4.68 Å². The molecule has 3 heterocycles. The van der Waals surface area contributed by atoms with Crippen molar-refractivity contribution in [2.24, 2.45) is 0 Å². The van der Waals surface area contributed by atoms with Gasteiger partial charge in [-0.15, -0.1) is 5.10 Å². The van der Waals surface area contributed by atoms with Crippen LogP contribution in [0.5, 0.6) is 0 Å². The van der Waals surface area contributed by atoms with Crippen molar-refractivity contribution in [2.75, 3.05) is 31.8 Å². The molecule has 1 fully saturated rings. The van der Waals surface area contributed by atoms with E-state index in [4.69, 9.17) is 14.6 Å². The summed E-state index contributed by atoms with van der Waals surface area (Å²) >= 11 is 1.10. The number of hydrogen-bond donors (Lipinski definition) is 2. The van der Waals surface area contributed by atoms with Gasteiger partial charge in [0.2, 0.25) is 11.1 Å². The summed E-state index contributed by atoms with van der Waals surface area (Å²) in [6.07, 6.45) is -1.33. The van der Waals surface area contributed by atoms with Gasteiger partial charge in [-0.25, -0.2) is 4.68 Å². The maximum absolute atomic E-state index is 12.8. The summed E-state index contributed by atoms with van der Waals surface area (Å²) in [5, 5.41) is 34.3. The molecule has 33 heavy (non-hydrogen) atoms. The van der Waals surface area contributed by atoms with Crippen LogP contribution in [0.2, 0.25) is 0 Å². The summed E-state index contributed by atoms with van der Waals surface area (Å²) in [4.78, 5) is 37.4. The zero-order valence-electron chi connectivity index (χ0n) is 17.4. The van der Waals surface area contributed by atoms with Crippen LogP contribution in [0, 0.1) is 0 Å². The Kier molecular flexibility index (Phi) is 10.0. The molecule has 2 N–H and O–H groups in total. The number of carboxylic acid groups (broad SMARTS) is 1. The van der Waals surface area contributed by atoms with Gasteiger partial charge in [0.05, 0.1) is 37.2 Å². The number of hydrogen-bond acceptors (Lipinski definition) is 12. The van der Waals surface area contributed by atoms with Gasteiger partial charge in [-0.2, -0.15) is 8.78 Å². The van der Waals surface area contributed by atoms with Gasteiger partial charge in [0.15, 0.2) is 6.23 Å². The van der Waals surface area contributed by atoms with Crippen LogP contribution in [0.3, 0.4) is 0 Å². The van der Waals surface area contributed by atoms with E-state index in [-0.39, 0.29) is 72.4 Å². The van der Waals surface area contributed by atoms with Gasteiger partial charge < -0.3 is 29.8 Å². The van der Waals surface area contributed by atoms with Gasteiger partial charge in [0, 0.05) is 12.9 Å². The third-order valence-electron chi connectivity index (χ3n) is 4.48. The molecule has 0 aliphatic carbocycles. The predicted octanol–water partition coefficient (Wildman–Crippen LogP) is -5.62. The quantitative estimate of drug-likeness (QED) is 0.123. The Balaban J connectivity index is 0.00000385. The third kappa shape index (κ3) is 5.67.